The number of halogens is 3. The number of benzene rings is 2. The summed E-state index contributed by atoms with van der Waals surface area (Å²) in [6, 6.07) is 8.35. The zero-order valence-corrected chi connectivity index (χ0v) is 24.7. The van der Waals surface area contributed by atoms with E-state index in [-0.39, 0.29) is 29.6 Å². The molecule has 0 radical (unpaired) electrons. The lowest BCUT2D eigenvalue weighted by Crippen LogP contribution is -2.55. The molecule has 2 aromatic rings. The molecule has 0 spiro atoms. The fraction of sp³-hybridized carbons (Fsp3) is 0.440. The van der Waals surface area contributed by atoms with E-state index < -0.39 is 34.1 Å². The van der Waals surface area contributed by atoms with Gasteiger partial charge in [0.1, 0.15) is 18.3 Å². The van der Waals surface area contributed by atoms with Crippen LogP contribution in [0, 0.1) is 0 Å². The van der Waals surface area contributed by atoms with Crippen molar-refractivity contribution < 1.29 is 22.7 Å². The van der Waals surface area contributed by atoms with Crippen molar-refractivity contribution in [3.05, 3.63) is 57.0 Å². The topological polar surface area (TPSA) is 96.0 Å². The van der Waals surface area contributed by atoms with Crippen molar-refractivity contribution in [2.45, 2.75) is 52.2 Å². The number of carbonyl (C=O) groups excluding carboxylic acids is 2. The van der Waals surface area contributed by atoms with Crippen molar-refractivity contribution in [3.8, 4) is 5.75 Å². The van der Waals surface area contributed by atoms with Crippen LogP contribution in [-0.2, 0) is 26.2 Å². The summed E-state index contributed by atoms with van der Waals surface area (Å²) in [5.41, 5.74) is 0.189. The van der Waals surface area contributed by atoms with E-state index in [1.807, 2.05) is 20.8 Å². The maximum atomic E-state index is 13.7. The average Bonchev–Trinajstić information content (AvgIpc) is 2.76. The van der Waals surface area contributed by atoms with Crippen molar-refractivity contribution in [1.82, 2.24) is 10.2 Å². The Bertz CT molecular complexity index is 1250. The van der Waals surface area contributed by atoms with Gasteiger partial charge in [-0.25, -0.2) is 8.42 Å². The summed E-state index contributed by atoms with van der Waals surface area (Å²) in [7, 11) is -2.47. The minimum atomic E-state index is -3.91. The van der Waals surface area contributed by atoms with Crippen LogP contribution < -0.4 is 14.4 Å². The van der Waals surface area contributed by atoms with E-state index in [9.17, 15) is 18.0 Å². The van der Waals surface area contributed by atoms with Gasteiger partial charge in [0, 0.05) is 22.1 Å². The van der Waals surface area contributed by atoms with Gasteiger partial charge in [-0.3, -0.25) is 13.9 Å². The molecule has 0 unspecified atom stereocenters. The fourth-order valence-corrected chi connectivity index (χ4v) is 5.19. The van der Waals surface area contributed by atoms with Crippen LogP contribution in [0.25, 0.3) is 0 Å². The molecule has 0 aliphatic carbocycles. The summed E-state index contributed by atoms with van der Waals surface area (Å²) in [6.07, 6.45) is 1.27. The second-order valence-electron chi connectivity index (χ2n) is 9.51. The zero-order chi connectivity index (χ0) is 28.1. The smallest absolute Gasteiger partial charge is 0.244 e. The molecule has 1 atom stereocenters. The van der Waals surface area contributed by atoms with Crippen LogP contribution in [0.3, 0.4) is 0 Å². The van der Waals surface area contributed by atoms with Crippen molar-refractivity contribution in [1.29, 1.82) is 0 Å². The molecular weight excluding hydrogens is 561 g/mol. The number of nitrogens with zero attached hydrogens (tertiary/aromatic N) is 2. The molecule has 2 aromatic carbocycles. The molecule has 0 heterocycles. The maximum absolute atomic E-state index is 13.7. The van der Waals surface area contributed by atoms with Crippen molar-refractivity contribution >= 4 is 62.3 Å². The number of hydrogen-bond acceptors (Lipinski definition) is 5. The van der Waals surface area contributed by atoms with Gasteiger partial charge in [0.05, 0.1) is 24.1 Å². The minimum Gasteiger partial charge on any atom is -0.495 e. The first kappa shape index (κ1) is 31.0. The van der Waals surface area contributed by atoms with Crippen LogP contribution >= 0.6 is 34.8 Å². The molecule has 12 heteroatoms. The van der Waals surface area contributed by atoms with Crippen LogP contribution in [0.4, 0.5) is 5.69 Å². The lowest BCUT2D eigenvalue weighted by Gasteiger charge is -2.34. The highest BCUT2D eigenvalue weighted by molar-refractivity contribution is 7.92. The first-order chi connectivity index (χ1) is 17.1. The SMILES string of the molecule is CC[C@H](C(=O)NC(C)(C)C)N(Cc1ccc(Cl)cc1Cl)C(=O)CN(c1ccc(OC)c(Cl)c1)S(C)(=O)=O. The number of rotatable bonds is 10. The van der Waals surface area contributed by atoms with Gasteiger partial charge in [-0.2, -0.15) is 0 Å². The van der Waals surface area contributed by atoms with Gasteiger partial charge in [-0.05, 0) is 63.1 Å². The Morgan fingerprint density at radius 1 is 1.05 bits per heavy atom. The standard InChI is InChI=1S/C25H32Cl3N3O5S/c1-7-21(24(33)29-25(2,3)4)30(14-16-8-9-17(26)12-19(16)27)23(32)15-31(37(6,34)35)18-10-11-22(36-5)20(28)13-18/h8-13,21H,7,14-15H2,1-6H3,(H,29,33)/t21-/m1/s1. The van der Waals surface area contributed by atoms with Gasteiger partial charge in [0.15, 0.2) is 0 Å². The number of carbonyl (C=O) groups is 2. The lowest BCUT2D eigenvalue weighted by molar-refractivity contribution is -0.141. The van der Waals surface area contributed by atoms with Gasteiger partial charge in [-0.15, -0.1) is 0 Å². The van der Waals surface area contributed by atoms with Gasteiger partial charge < -0.3 is 15.0 Å². The normalized spacial score (nSPS) is 12.6. The Kier molecular flexibility index (Phi) is 10.5. The van der Waals surface area contributed by atoms with E-state index in [2.05, 4.69) is 5.32 Å². The Hall–Kier alpha value is -2.20. The largest absolute Gasteiger partial charge is 0.495 e. The zero-order valence-electron chi connectivity index (χ0n) is 21.6. The first-order valence-electron chi connectivity index (χ1n) is 11.4. The molecule has 37 heavy (non-hydrogen) atoms. The quantitative estimate of drug-likeness (QED) is 0.412. The van der Waals surface area contributed by atoms with Gasteiger partial charge in [-0.1, -0.05) is 47.8 Å². The minimum absolute atomic E-state index is 0.0358. The van der Waals surface area contributed by atoms with E-state index in [4.69, 9.17) is 39.5 Å². The Morgan fingerprint density at radius 2 is 1.70 bits per heavy atom. The van der Waals surface area contributed by atoms with Gasteiger partial charge >= 0.3 is 0 Å². The van der Waals surface area contributed by atoms with Gasteiger partial charge in [0.2, 0.25) is 21.8 Å². The second-order valence-corrected chi connectivity index (χ2v) is 12.7. The lowest BCUT2D eigenvalue weighted by atomic mass is 10.1. The summed E-state index contributed by atoms with van der Waals surface area (Å²) in [4.78, 5) is 28.3. The Labute approximate surface area is 233 Å². The number of ether oxygens (including phenoxy) is 1. The van der Waals surface area contributed by atoms with E-state index in [0.717, 1.165) is 10.6 Å². The molecule has 1 N–H and O–H groups in total. The second kappa shape index (κ2) is 12.6. The first-order valence-corrected chi connectivity index (χ1v) is 14.4. The third kappa shape index (κ3) is 8.67. The van der Waals surface area contributed by atoms with Crippen molar-refractivity contribution in [2.75, 3.05) is 24.2 Å². The molecule has 0 saturated heterocycles. The van der Waals surface area contributed by atoms with Crippen LogP contribution in [0.2, 0.25) is 15.1 Å². The molecule has 2 amide bonds. The third-order valence-electron chi connectivity index (χ3n) is 5.34. The van der Waals surface area contributed by atoms with E-state index >= 15 is 0 Å². The van der Waals surface area contributed by atoms with E-state index in [1.54, 1.807) is 25.1 Å². The van der Waals surface area contributed by atoms with Crippen LogP contribution in [0.5, 0.6) is 5.75 Å². The predicted octanol–water partition coefficient (Wildman–Crippen LogP) is 5.14. The maximum Gasteiger partial charge on any atom is 0.244 e. The third-order valence-corrected chi connectivity index (χ3v) is 7.37. The van der Waals surface area contributed by atoms with Crippen molar-refractivity contribution in [3.63, 3.8) is 0 Å². The molecule has 0 aromatic heterocycles. The molecule has 0 fully saturated rings. The number of hydrogen-bond donors (Lipinski definition) is 1. The number of nitrogens with one attached hydrogen (secondary N) is 1. The monoisotopic (exact) mass is 591 g/mol. The summed E-state index contributed by atoms with van der Waals surface area (Å²) < 4.78 is 31.5. The Morgan fingerprint density at radius 3 is 2.19 bits per heavy atom. The number of sulfonamides is 1. The van der Waals surface area contributed by atoms with E-state index in [0.29, 0.717) is 21.4 Å². The molecule has 2 rings (SSSR count). The molecule has 0 aliphatic rings. The van der Waals surface area contributed by atoms with Crippen LogP contribution in [0.1, 0.15) is 39.7 Å². The number of methoxy groups -OCH3 is 1. The summed E-state index contributed by atoms with van der Waals surface area (Å²) in [5, 5.41) is 3.82. The van der Waals surface area contributed by atoms with Gasteiger partial charge in [0.25, 0.3) is 0 Å². The molecule has 0 aliphatic heterocycles. The Balaban J connectivity index is 2.52. The van der Waals surface area contributed by atoms with Crippen LogP contribution in [-0.4, -0.2) is 56.6 Å². The van der Waals surface area contributed by atoms with Crippen LogP contribution in [0.15, 0.2) is 36.4 Å². The highest BCUT2D eigenvalue weighted by Gasteiger charge is 2.33. The number of amides is 2. The molecular formula is C25H32Cl3N3O5S. The summed E-state index contributed by atoms with van der Waals surface area (Å²) in [6.45, 7) is 6.67. The fourth-order valence-electron chi connectivity index (χ4n) is 3.63. The van der Waals surface area contributed by atoms with E-state index in [1.165, 1.54) is 30.2 Å². The van der Waals surface area contributed by atoms with Crippen molar-refractivity contribution in [2.24, 2.45) is 0 Å². The highest BCUT2D eigenvalue weighted by atomic mass is 35.5. The molecule has 204 valence electrons. The summed E-state index contributed by atoms with van der Waals surface area (Å²) in [5.74, 6) is -0.611. The average molecular weight is 593 g/mol. The molecule has 0 bridgehead atoms. The predicted molar refractivity (Wildman–Crippen MR) is 149 cm³/mol. The molecule has 0 saturated carbocycles. The molecule has 8 nitrogen and oxygen atoms in total. The summed E-state index contributed by atoms with van der Waals surface area (Å²) >= 11 is 18.6. The number of anilines is 1. The highest BCUT2D eigenvalue weighted by Crippen LogP contribution is 2.31.